The first-order valence-electron chi connectivity index (χ1n) is 7.52. The van der Waals surface area contributed by atoms with E-state index in [1.807, 2.05) is 7.05 Å². The maximum Gasteiger partial charge on any atom is 0.127 e. The summed E-state index contributed by atoms with van der Waals surface area (Å²) < 4.78 is 5.67. The summed E-state index contributed by atoms with van der Waals surface area (Å²) in [5.41, 5.74) is 6.27. The van der Waals surface area contributed by atoms with Gasteiger partial charge < -0.3 is 10.1 Å². The van der Waals surface area contributed by atoms with E-state index in [4.69, 9.17) is 4.74 Å². The predicted octanol–water partition coefficient (Wildman–Crippen LogP) is 4.18. The van der Waals surface area contributed by atoms with Crippen molar-refractivity contribution < 1.29 is 4.74 Å². The van der Waals surface area contributed by atoms with Crippen LogP contribution in [0.3, 0.4) is 0 Å². The molecule has 0 spiro atoms. The van der Waals surface area contributed by atoms with Crippen molar-refractivity contribution in [2.24, 2.45) is 0 Å². The van der Waals surface area contributed by atoms with Crippen LogP contribution in [0, 0.1) is 13.8 Å². The molecule has 2 aromatic rings. The topological polar surface area (TPSA) is 21.3 Å². The fourth-order valence-electron chi connectivity index (χ4n) is 2.76. The molecular formula is C19H25NO. The number of nitrogens with one attached hydrogen (secondary N) is 1. The maximum absolute atomic E-state index is 5.67. The molecule has 112 valence electrons. The second kappa shape index (κ2) is 6.77. The summed E-state index contributed by atoms with van der Waals surface area (Å²) in [6.45, 7) is 6.41. The maximum atomic E-state index is 5.67. The SMILES string of the molecule is CCc1ccc(C(NC)c2ccc(C)c(C)c2OC)cc1. The van der Waals surface area contributed by atoms with E-state index < -0.39 is 0 Å². The second-order valence-corrected chi connectivity index (χ2v) is 5.45. The van der Waals surface area contributed by atoms with Crippen molar-refractivity contribution in [3.8, 4) is 5.75 Å². The summed E-state index contributed by atoms with van der Waals surface area (Å²) in [6.07, 6.45) is 1.07. The van der Waals surface area contributed by atoms with Crippen molar-refractivity contribution >= 4 is 0 Å². The Kier molecular flexibility index (Phi) is 5.03. The fraction of sp³-hybridized carbons (Fsp3) is 0.368. The molecule has 21 heavy (non-hydrogen) atoms. The van der Waals surface area contributed by atoms with Gasteiger partial charge in [0, 0.05) is 5.56 Å². The summed E-state index contributed by atoms with van der Waals surface area (Å²) in [4.78, 5) is 0. The number of rotatable bonds is 5. The third kappa shape index (κ3) is 3.11. The van der Waals surface area contributed by atoms with E-state index in [0.29, 0.717) is 0 Å². The first kappa shape index (κ1) is 15.6. The lowest BCUT2D eigenvalue weighted by atomic mass is 9.93. The summed E-state index contributed by atoms with van der Waals surface area (Å²) in [7, 11) is 3.74. The van der Waals surface area contributed by atoms with Gasteiger partial charge >= 0.3 is 0 Å². The Morgan fingerprint density at radius 3 is 2.24 bits per heavy atom. The molecule has 0 aliphatic heterocycles. The molecule has 2 aromatic carbocycles. The van der Waals surface area contributed by atoms with Crippen LogP contribution in [0.1, 0.15) is 40.8 Å². The van der Waals surface area contributed by atoms with Gasteiger partial charge in [0.1, 0.15) is 5.75 Å². The van der Waals surface area contributed by atoms with Gasteiger partial charge in [0.2, 0.25) is 0 Å². The van der Waals surface area contributed by atoms with Gasteiger partial charge in [0.05, 0.1) is 13.2 Å². The lowest BCUT2D eigenvalue weighted by molar-refractivity contribution is 0.402. The molecule has 0 radical (unpaired) electrons. The Balaban J connectivity index is 2.48. The molecule has 0 bridgehead atoms. The van der Waals surface area contributed by atoms with Gasteiger partial charge in [0.25, 0.3) is 0 Å². The van der Waals surface area contributed by atoms with Gasteiger partial charge in [-0.3, -0.25) is 0 Å². The molecule has 2 rings (SSSR count). The Hall–Kier alpha value is -1.80. The highest BCUT2D eigenvalue weighted by molar-refractivity contribution is 5.49. The molecule has 2 nitrogen and oxygen atoms in total. The molecule has 0 aromatic heterocycles. The highest BCUT2D eigenvalue weighted by Gasteiger charge is 2.18. The average Bonchev–Trinajstić information content (AvgIpc) is 2.52. The minimum Gasteiger partial charge on any atom is -0.496 e. The molecule has 0 aliphatic rings. The van der Waals surface area contributed by atoms with E-state index in [1.54, 1.807) is 7.11 Å². The minimum atomic E-state index is 0.144. The van der Waals surface area contributed by atoms with Crippen LogP contribution in [-0.4, -0.2) is 14.2 Å². The number of aryl methyl sites for hydroxylation is 2. The quantitative estimate of drug-likeness (QED) is 0.888. The number of methoxy groups -OCH3 is 1. The third-order valence-electron chi connectivity index (χ3n) is 4.23. The summed E-state index contributed by atoms with van der Waals surface area (Å²) in [6, 6.07) is 13.3. The van der Waals surface area contributed by atoms with Crippen molar-refractivity contribution in [3.05, 3.63) is 64.2 Å². The van der Waals surface area contributed by atoms with E-state index in [2.05, 4.69) is 62.5 Å². The minimum absolute atomic E-state index is 0.144. The van der Waals surface area contributed by atoms with Gasteiger partial charge in [-0.1, -0.05) is 43.3 Å². The third-order valence-corrected chi connectivity index (χ3v) is 4.23. The van der Waals surface area contributed by atoms with Crippen molar-refractivity contribution in [2.75, 3.05) is 14.2 Å². The molecule has 1 N–H and O–H groups in total. The molecule has 0 amide bonds. The molecular weight excluding hydrogens is 258 g/mol. The summed E-state index contributed by atoms with van der Waals surface area (Å²) in [5.74, 6) is 0.980. The molecule has 1 atom stereocenters. The molecule has 0 saturated heterocycles. The first-order chi connectivity index (χ1) is 10.1. The van der Waals surface area contributed by atoms with Crippen LogP contribution in [0.25, 0.3) is 0 Å². The molecule has 0 fully saturated rings. The number of benzene rings is 2. The molecule has 2 heteroatoms. The second-order valence-electron chi connectivity index (χ2n) is 5.45. The Bertz CT molecular complexity index is 602. The van der Waals surface area contributed by atoms with Crippen molar-refractivity contribution in [1.29, 1.82) is 0 Å². The smallest absolute Gasteiger partial charge is 0.127 e. The van der Waals surface area contributed by atoms with E-state index in [0.717, 1.165) is 12.2 Å². The standard InChI is InChI=1S/C19H25NO/c1-6-15-8-10-16(11-9-15)18(20-4)17-12-7-13(2)14(3)19(17)21-5/h7-12,18,20H,6H2,1-5H3. The zero-order valence-electron chi connectivity index (χ0n) is 13.7. The van der Waals surface area contributed by atoms with E-state index in [1.165, 1.54) is 27.8 Å². The largest absolute Gasteiger partial charge is 0.496 e. The highest BCUT2D eigenvalue weighted by atomic mass is 16.5. The monoisotopic (exact) mass is 283 g/mol. The lowest BCUT2D eigenvalue weighted by Crippen LogP contribution is -2.19. The van der Waals surface area contributed by atoms with Crippen LogP contribution < -0.4 is 10.1 Å². The van der Waals surface area contributed by atoms with Crippen molar-refractivity contribution in [2.45, 2.75) is 33.2 Å². The average molecular weight is 283 g/mol. The molecule has 0 aliphatic carbocycles. The van der Waals surface area contributed by atoms with E-state index >= 15 is 0 Å². The summed E-state index contributed by atoms with van der Waals surface area (Å²) in [5, 5.41) is 3.41. The summed E-state index contributed by atoms with van der Waals surface area (Å²) >= 11 is 0. The van der Waals surface area contributed by atoms with Gasteiger partial charge in [-0.15, -0.1) is 0 Å². The van der Waals surface area contributed by atoms with Crippen LogP contribution >= 0.6 is 0 Å². The van der Waals surface area contributed by atoms with Crippen molar-refractivity contribution in [1.82, 2.24) is 5.32 Å². The number of hydrogen-bond donors (Lipinski definition) is 1. The highest BCUT2D eigenvalue weighted by Crippen LogP contribution is 2.34. The van der Waals surface area contributed by atoms with Crippen molar-refractivity contribution in [3.63, 3.8) is 0 Å². The van der Waals surface area contributed by atoms with Crippen LogP contribution in [-0.2, 0) is 6.42 Å². The molecule has 1 unspecified atom stereocenters. The molecule has 0 saturated carbocycles. The van der Waals surface area contributed by atoms with Gasteiger partial charge in [-0.05, 0) is 49.6 Å². The van der Waals surface area contributed by atoms with Gasteiger partial charge in [0.15, 0.2) is 0 Å². The van der Waals surface area contributed by atoms with Crippen LogP contribution in [0.15, 0.2) is 36.4 Å². The first-order valence-corrected chi connectivity index (χ1v) is 7.52. The van der Waals surface area contributed by atoms with E-state index in [9.17, 15) is 0 Å². The Labute approximate surface area is 128 Å². The Morgan fingerprint density at radius 2 is 1.71 bits per heavy atom. The normalized spacial score (nSPS) is 12.2. The molecule has 0 heterocycles. The van der Waals surface area contributed by atoms with Crippen LogP contribution in [0.4, 0.5) is 0 Å². The zero-order chi connectivity index (χ0) is 15.4. The predicted molar refractivity (Wildman–Crippen MR) is 89.2 cm³/mol. The fourth-order valence-corrected chi connectivity index (χ4v) is 2.76. The van der Waals surface area contributed by atoms with Gasteiger partial charge in [-0.2, -0.15) is 0 Å². The number of hydrogen-bond acceptors (Lipinski definition) is 2. The number of ether oxygens (including phenoxy) is 1. The lowest BCUT2D eigenvalue weighted by Gasteiger charge is -2.22. The zero-order valence-corrected chi connectivity index (χ0v) is 13.7. The van der Waals surface area contributed by atoms with Crippen LogP contribution in [0.2, 0.25) is 0 Å². The van der Waals surface area contributed by atoms with E-state index in [-0.39, 0.29) is 6.04 Å². The Morgan fingerprint density at radius 1 is 1.05 bits per heavy atom. The van der Waals surface area contributed by atoms with Gasteiger partial charge in [-0.25, -0.2) is 0 Å². The van der Waals surface area contributed by atoms with Crippen LogP contribution in [0.5, 0.6) is 5.75 Å².